The highest BCUT2D eigenvalue weighted by Gasteiger charge is 2.57. The van der Waals surface area contributed by atoms with Crippen LogP contribution >= 0.6 is 0 Å². The summed E-state index contributed by atoms with van der Waals surface area (Å²) in [4.78, 5) is 10.9. The monoisotopic (exact) mass is 210 g/mol. The Morgan fingerprint density at radius 3 is 2.00 bits per heavy atom. The van der Waals surface area contributed by atoms with Gasteiger partial charge >= 0.3 is 11.9 Å². The van der Waals surface area contributed by atoms with Crippen LogP contribution in [0.3, 0.4) is 0 Å². The number of carbonyl (C=O) groups is 1. The summed E-state index contributed by atoms with van der Waals surface area (Å²) < 4.78 is 30.9. The summed E-state index contributed by atoms with van der Waals surface area (Å²) in [5.74, 6) is -5.50. The molecule has 1 N–H and O–H groups in total. The summed E-state index contributed by atoms with van der Waals surface area (Å²) >= 11 is 0. The maximum absolute atomic E-state index is 13.3. The topological polar surface area (TPSA) is 46.5 Å². The van der Waals surface area contributed by atoms with Gasteiger partial charge < -0.3 is 9.84 Å². The minimum absolute atomic E-state index is 0.127. The third kappa shape index (κ3) is 2.20. The van der Waals surface area contributed by atoms with E-state index in [2.05, 4.69) is 4.74 Å². The fraction of sp³-hybridized carbons (Fsp3) is 0.889. The molecule has 3 nitrogen and oxygen atoms in total. The lowest BCUT2D eigenvalue weighted by Crippen LogP contribution is -2.53. The molecule has 0 aromatic rings. The molecule has 0 aromatic carbocycles. The molecule has 0 aromatic heterocycles. The van der Waals surface area contributed by atoms with E-state index >= 15 is 0 Å². The van der Waals surface area contributed by atoms with E-state index in [9.17, 15) is 18.7 Å². The lowest BCUT2D eigenvalue weighted by molar-refractivity contribution is -0.215. The first-order valence-electron chi connectivity index (χ1n) is 4.63. The molecule has 5 heteroatoms. The second kappa shape index (κ2) is 4.68. The Labute approximate surface area is 82.1 Å². The quantitative estimate of drug-likeness (QED) is 0.703. The molecule has 0 radical (unpaired) electrons. The van der Waals surface area contributed by atoms with Gasteiger partial charge in [-0.1, -0.05) is 13.8 Å². The number of halogens is 2. The van der Waals surface area contributed by atoms with Crippen LogP contribution in [-0.2, 0) is 9.53 Å². The van der Waals surface area contributed by atoms with Gasteiger partial charge in [0.05, 0.1) is 6.61 Å². The van der Waals surface area contributed by atoms with E-state index in [0.29, 0.717) is 0 Å². The number of hydrogen-bond acceptors (Lipinski definition) is 3. The molecule has 0 unspecified atom stereocenters. The van der Waals surface area contributed by atoms with Crippen LogP contribution in [0.15, 0.2) is 0 Å². The lowest BCUT2D eigenvalue weighted by Gasteiger charge is -2.32. The Bertz CT molecular complexity index is 200. The average Bonchev–Trinajstić information content (AvgIpc) is 2.16. The molecule has 0 atom stereocenters. The van der Waals surface area contributed by atoms with Crippen molar-refractivity contribution in [2.24, 2.45) is 0 Å². The van der Waals surface area contributed by atoms with Crippen molar-refractivity contribution in [1.29, 1.82) is 0 Å². The van der Waals surface area contributed by atoms with Gasteiger partial charge in [-0.25, -0.2) is 4.79 Å². The van der Waals surface area contributed by atoms with Gasteiger partial charge in [0.2, 0.25) is 0 Å². The van der Waals surface area contributed by atoms with Crippen molar-refractivity contribution < 1.29 is 23.4 Å². The van der Waals surface area contributed by atoms with Crippen LogP contribution in [0.5, 0.6) is 0 Å². The molecule has 0 aliphatic rings. The van der Waals surface area contributed by atoms with Crippen LogP contribution in [0.25, 0.3) is 0 Å². The van der Waals surface area contributed by atoms with Crippen molar-refractivity contribution in [3.05, 3.63) is 0 Å². The van der Waals surface area contributed by atoms with Crippen molar-refractivity contribution in [3.63, 3.8) is 0 Å². The number of esters is 1. The highest BCUT2D eigenvalue weighted by molar-refractivity contribution is 5.79. The van der Waals surface area contributed by atoms with Crippen LogP contribution in [0.1, 0.15) is 33.6 Å². The minimum Gasteiger partial charge on any atom is -0.461 e. The summed E-state index contributed by atoms with van der Waals surface area (Å²) in [6.07, 6.45) is -0.398. The first kappa shape index (κ1) is 13.3. The smallest absolute Gasteiger partial charge is 0.380 e. The summed E-state index contributed by atoms with van der Waals surface area (Å²) in [6, 6.07) is 0. The minimum atomic E-state index is -3.84. The van der Waals surface area contributed by atoms with Crippen LogP contribution < -0.4 is 0 Å². The number of carbonyl (C=O) groups excluding carboxylic acids is 1. The fourth-order valence-electron chi connectivity index (χ4n) is 1.11. The second-order valence-electron chi connectivity index (χ2n) is 3.03. The number of alkyl halides is 2. The second-order valence-corrected chi connectivity index (χ2v) is 3.03. The highest BCUT2D eigenvalue weighted by atomic mass is 19.3. The fourth-order valence-corrected chi connectivity index (χ4v) is 1.11. The molecular formula is C9H16F2O3. The zero-order chi connectivity index (χ0) is 11.4. The van der Waals surface area contributed by atoms with E-state index in [4.69, 9.17) is 0 Å². The number of aliphatic hydroxyl groups is 1. The summed E-state index contributed by atoms with van der Waals surface area (Å²) in [7, 11) is 0. The van der Waals surface area contributed by atoms with Gasteiger partial charge in [0.1, 0.15) is 5.60 Å². The van der Waals surface area contributed by atoms with Crippen molar-refractivity contribution >= 4 is 5.97 Å². The zero-order valence-electron chi connectivity index (χ0n) is 8.64. The van der Waals surface area contributed by atoms with Gasteiger partial charge in [0.25, 0.3) is 0 Å². The van der Waals surface area contributed by atoms with Gasteiger partial charge in [-0.3, -0.25) is 0 Å². The number of rotatable bonds is 5. The van der Waals surface area contributed by atoms with E-state index in [-0.39, 0.29) is 19.4 Å². The molecule has 14 heavy (non-hydrogen) atoms. The number of ether oxygens (including phenoxy) is 1. The molecule has 0 saturated carbocycles. The Hall–Kier alpha value is -0.710. The summed E-state index contributed by atoms with van der Waals surface area (Å²) in [5.41, 5.74) is -2.31. The first-order valence-corrected chi connectivity index (χ1v) is 4.63. The van der Waals surface area contributed by atoms with Gasteiger partial charge in [0.15, 0.2) is 0 Å². The Balaban J connectivity index is 4.81. The molecule has 0 bridgehead atoms. The predicted molar refractivity (Wildman–Crippen MR) is 47.1 cm³/mol. The van der Waals surface area contributed by atoms with Crippen LogP contribution in [0, 0.1) is 0 Å². The van der Waals surface area contributed by atoms with Crippen molar-refractivity contribution in [2.45, 2.75) is 45.1 Å². The van der Waals surface area contributed by atoms with Crippen molar-refractivity contribution in [1.82, 2.24) is 0 Å². The predicted octanol–water partition coefficient (Wildman–Crippen LogP) is 1.74. The van der Waals surface area contributed by atoms with Gasteiger partial charge in [0, 0.05) is 0 Å². The normalized spacial score (nSPS) is 12.7. The van der Waals surface area contributed by atoms with Gasteiger partial charge in [-0.05, 0) is 19.8 Å². The third-order valence-electron chi connectivity index (χ3n) is 2.29. The standard InChI is InChI=1S/C9H16F2O3/c1-4-8(13,5-2)9(10,11)7(12)14-6-3/h13H,4-6H2,1-3H3. The average molecular weight is 210 g/mol. The summed E-state index contributed by atoms with van der Waals surface area (Å²) in [5, 5.41) is 9.50. The molecule has 0 aliphatic carbocycles. The molecule has 0 spiro atoms. The molecule has 0 saturated heterocycles. The highest BCUT2D eigenvalue weighted by Crippen LogP contribution is 2.35. The first-order chi connectivity index (χ1) is 6.35. The Morgan fingerprint density at radius 2 is 1.71 bits per heavy atom. The molecule has 0 fully saturated rings. The number of hydrogen-bond donors (Lipinski definition) is 1. The Morgan fingerprint density at radius 1 is 1.29 bits per heavy atom. The SMILES string of the molecule is CCOC(=O)C(F)(F)C(O)(CC)CC. The van der Waals surface area contributed by atoms with E-state index in [1.807, 2.05) is 0 Å². The molecule has 0 heterocycles. The Kier molecular flexibility index (Phi) is 4.45. The lowest BCUT2D eigenvalue weighted by atomic mass is 9.90. The van der Waals surface area contributed by atoms with Crippen molar-refractivity contribution in [2.75, 3.05) is 6.61 Å². The molecule has 0 aliphatic heterocycles. The maximum Gasteiger partial charge on any atom is 0.380 e. The summed E-state index contributed by atoms with van der Waals surface area (Å²) in [6.45, 7) is 4.11. The largest absolute Gasteiger partial charge is 0.461 e. The third-order valence-corrected chi connectivity index (χ3v) is 2.29. The van der Waals surface area contributed by atoms with E-state index in [1.165, 1.54) is 20.8 Å². The van der Waals surface area contributed by atoms with Gasteiger partial charge in [-0.15, -0.1) is 0 Å². The molecule has 84 valence electrons. The van der Waals surface area contributed by atoms with E-state index < -0.39 is 17.5 Å². The van der Waals surface area contributed by atoms with Gasteiger partial charge in [-0.2, -0.15) is 8.78 Å². The van der Waals surface area contributed by atoms with E-state index in [0.717, 1.165) is 0 Å². The molecule has 0 amide bonds. The van der Waals surface area contributed by atoms with Crippen LogP contribution in [-0.4, -0.2) is 29.2 Å². The van der Waals surface area contributed by atoms with Crippen molar-refractivity contribution in [3.8, 4) is 0 Å². The molecule has 0 rings (SSSR count). The maximum atomic E-state index is 13.3. The van der Waals surface area contributed by atoms with Crippen LogP contribution in [0.4, 0.5) is 8.78 Å². The zero-order valence-corrected chi connectivity index (χ0v) is 8.64. The van der Waals surface area contributed by atoms with E-state index in [1.54, 1.807) is 0 Å². The van der Waals surface area contributed by atoms with Crippen LogP contribution in [0.2, 0.25) is 0 Å². The molecular weight excluding hydrogens is 194 g/mol.